The summed E-state index contributed by atoms with van der Waals surface area (Å²) in [7, 11) is 0. The highest BCUT2D eigenvalue weighted by molar-refractivity contribution is 5.71. The second-order valence-corrected chi connectivity index (χ2v) is 8.75. The lowest BCUT2D eigenvalue weighted by Crippen LogP contribution is -2.41. The highest BCUT2D eigenvalue weighted by atomic mass is 16.6. The number of hydrogen-bond donors (Lipinski definition) is 1. The lowest BCUT2D eigenvalue weighted by molar-refractivity contribution is -0.136. The van der Waals surface area contributed by atoms with Crippen molar-refractivity contribution in [1.29, 1.82) is 0 Å². The largest absolute Gasteiger partial charge is 0.493 e. The number of nitrogens with zero attached hydrogens (tertiary/aromatic N) is 2. The molecule has 0 unspecified atom stereocenters. The Kier molecular flexibility index (Phi) is 8.75. The molecule has 0 saturated carbocycles. The Morgan fingerprint density at radius 1 is 0.833 bits per heavy atom. The summed E-state index contributed by atoms with van der Waals surface area (Å²) in [6.07, 6.45) is 5.48. The molecule has 188 valence electrons. The maximum atomic E-state index is 12.6. The molecule has 8 heteroatoms. The Morgan fingerprint density at radius 3 is 2.11 bits per heavy atom. The first-order valence-electron chi connectivity index (χ1n) is 12.1. The molecule has 1 aliphatic heterocycles. The zero-order chi connectivity index (χ0) is 25.2. The van der Waals surface area contributed by atoms with E-state index < -0.39 is 5.97 Å². The summed E-state index contributed by atoms with van der Waals surface area (Å²) in [6.45, 7) is 2.36. The molecule has 36 heavy (non-hydrogen) atoms. The Labute approximate surface area is 210 Å². The number of carbonyl (C=O) groups excluding carboxylic acids is 1. The van der Waals surface area contributed by atoms with E-state index in [-0.39, 0.29) is 12.5 Å². The Bertz CT molecular complexity index is 1110. The van der Waals surface area contributed by atoms with Crippen LogP contribution in [0.25, 0.3) is 0 Å². The third-order valence-electron chi connectivity index (χ3n) is 6.07. The summed E-state index contributed by atoms with van der Waals surface area (Å²) in [5.74, 6) is 1.53. The third kappa shape index (κ3) is 7.73. The van der Waals surface area contributed by atoms with Gasteiger partial charge in [0.25, 0.3) is 0 Å². The molecule has 1 saturated heterocycles. The first-order chi connectivity index (χ1) is 17.5. The van der Waals surface area contributed by atoms with Crippen LogP contribution in [0.1, 0.15) is 24.0 Å². The van der Waals surface area contributed by atoms with Crippen LogP contribution in [0.4, 0.5) is 4.79 Å². The second-order valence-electron chi connectivity index (χ2n) is 8.75. The summed E-state index contributed by atoms with van der Waals surface area (Å²) >= 11 is 0. The number of piperidine rings is 1. The minimum atomic E-state index is -0.853. The lowest BCUT2D eigenvalue weighted by Gasteiger charge is -2.31. The maximum absolute atomic E-state index is 12.6. The molecule has 8 nitrogen and oxygen atoms in total. The van der Waals surface area contributed by atoms with E-state index in [1.54, 1.807) is 41.6 Å². The van der Waals surface area contributed by atoms with Gasteiger partial charge in [-0.15, -0.1) is 0 Å². The molecule has 0 spiro atoms. The first-order valence-corrected chi connectivity index (χ1v) is 12.1. The van der Waals surface area contributed by atoms with Crippen LogP contribution in [0.2, 0.25) is 0 Å². The van der Waals surface area contributed by atoms with Crippen LogP contribution < -0.4 is 14.2 Å². The van der Waals surface area contributed by atoms with Crippen LogP contribution in [-0.4, -0.2) is 53.4 Å². The Hall–Kier alpha value is -4.07. The zero-order valence-corrected chi connectivity index (χ0v) is 20.0. The number of rotatable bonds is 10. The number of carboxylic acids is 1. The van der Waals surface area contributed by atoms with Gasteiger partial charge in [-0.1, -0.05) is 24.3 Å². The summed E-state index contributed by atoms with van der Waals surface area (Å²) in [5.41, 5.74) is 1.84. The van der Waals surface area contributed by atoms with Crippen molar-refractivity contribution in [3.63, 3.8) is 0 Å². The van der Waals surface area contributed by atoms with Gasteiger partial charge >= 0.3 is 12.1 Å². The van der Waals surface area contributed by atoms with E-state index in [0.717, 1.165) is 41.9 Å². The van der Waals surface area contributed by atoms with E-state index in [0.29, 0.717) is 38.0 Å². The number of aromatic nitrogens is 1. The molecular weight excluding hydrogens is 460 g/mol. The minimum absolute atomic E-state index is 0.000942. The summed E-state index contributed by atoms with van der Waals surface area (Å²) < 4.78 is 17.1. The van der Waals surface area contributed by atoms with Crippen LogP contribution in [0.5, 0.6) is 17.2 Å². The van der Waals surface area contributed by atoms with Gasteiger partial charge < -0.3 is 24.2 Å². The fourth-order valence-corrected chi connectivity index (χ4v) is 3.99. The molecule has 1 aliphatic rings. The monoisotopic (exact) mass is 490 g/mol. The number of benzene rings is 2. The molecule has 2 aromatic carbocycles. The zero-order valence-electron chi connectivity index (χ0n) is 20.0. The standard InChI is InChI=1S/C28H30N2O6/c31-27(32)19-22-3-5-24(6-4-22)35-20-23-11-16-30(17-12-23)28(33)36-26-7-1-21(2-8-26)13-18-34-25-9-14-29-15-10-25/h1-10,14-15,23H,11-13,16-20H2,(H,31,32). The smallest absolute Gasteiger partial charge is 0.415 e. The van der Waals surface area contributed by atoms with Gasteiger partial charge in [0.15, 0.2) is 0 Å². The number of hydrogen-bond acceptors (Lipinski definition) is 6. The van der Waals surface area contributed by atoms with E-state index in [9.17, 15) is 9.59 Å². The molecule has 1 aromatic heterocycles. The second kappa shape index (κ2) is 12.6. The van der Waals surface area contributed by atoms with Crippen LogP contribution in [0.3, 0.4) is 0 Å². The fraction of sp³-hybridized carbons (Fsp3) is 0.321. The molecule has 1 amide bonds. The normalized spacial score (nSPS) is 13.7. The van der Waals surface area contributed by atoms with Crippen molar-refractivity contribution in [3.05, 3.63) is 84.2 Å². The molecule has 0 radical (unpaired) electrons. The van der Waals surface area contributed by atoms with E-state index in [1.807, 2.05) is 36.4 Å². The number of amides is 1. The van der Waals surface area contributed by atoms with Crippen molar-refractivity contribution in [2.45, 2.75) is 25.7 Å². The minimum Gasteiger partial charge on any atom is -0.493 e. The number of likely N-dealkylation sites (tertiary alicyclic amines) is 1. The summed E-state index contributed by atoms with van der Waals surface area (Å²) in [6, 6.07) is 18.3. The molecule has 0 bridgehead atoms. The van der Waals surface area contributed by atoms with E-state index in [1.165, 1.54) is 0 Å². The fourth-order valence-electron chi connectivity index (χ4n) is 3.99. The van der Waals surface area contributed by atoms with E-state index >= 15 is 0 Å². The topological polar surface area (TPSA) is 98.2 Å². The van der Waals surface area contributed by atoms with Crippen molar-refractivity contribution >= 4 is 12.1 Å². The number of ether oxygens (including phenoxy) is 3. The predicted octanol–water partition coefficient (Wildman–Crippen LogP) is 4.62. The number of aliphatic carboxylic acids is 1. The van der Waals surface area contributed by atoms with Gasteiger partial charge in [0.1, 0.15) is 17.2 Å². The Balaban J connectivity index is 1.14. The predicted molar refractivity (Wildman–Crippen MR) is 133 cm³/mol. The van der Waals surface area contributed by atoms with Crippen molar-refractivity contribution in [2.24, 2.45) is 5.92 Å². The van der Waals surface area contributed by atoms with Crippen LogP contribution in [-0.2, 0) is 17.6 Å². The van der Waals surface area contributed by atoms with E-state index in [4.69, 9.17) is 19.3 Å². The average molecular weight is 491 g/mol. The highest BCUT2D eigenvalue weighted by Crippen LogP contribution is 2.22. The number of carbonyl (C=O) groups is 2. The number of carboxylic acid groups (broad SMARTS) is 1. The van der Waals surface area contributed by atoms with Gasteiger partial charge in [0, 0.05) is 31.9 Å². The average Bonchev–Trinajstić information content (AvgIpc) is 2.90. The van der Waals surface area contributed by atoms with Crippen LogP contribution in [0.15, 0.2) is 73.1 Å². The van der Waals surface area contributed by atoms with Gasteiger partial charge in [0.05, 0.1) is 19.6 Å². The third-order valence-corrected chi connectivity index (χ3v) is 6.07. The van der Waals surface area contributed by atoms with Gasteiger partial charge in [0.2, 0.25) is 0 Å². The number of pyridine rings is 1. The molecular formula is C28H30N2O6. The first kappa shape index (κ1) is 25.0. The SMILES string of the molecule is O=C(O)Cc1ccc(OCC2CCN(C(=O)Oc3ccc(CCOc4ccncc4)cc3)CC2)cc1. The molecule has 2 heterocycles. The van der Waals surface area contributed by atoms with Crippen molar-refractivity contribution < 1.29 is 28.9 Å². The Morgan fingerprint density at radius 2 is 1.44 bits per heavy atom. The molecule has 3 aromatic rings. The lowest BCUT2D eigenvalue weighted by atomic mass is 9.98. The van der Waals surface area contributed by atoms with Gasteiger partial charge in [-0.2, -0.15) is 0 Å². The summed E-state index contributed by atoms with van der Waals surface area (Å²) in [5, 5.41) is 8.85. The highest BCUT2D eigenvalue weighted by Gasteiger charge is 2.24. The van der Waals surface area contributed by atoms with Crippen LogP contribution >= 0.6 is 0 Å². The van der Waals surface area contributed by atoms with Gasteiger partial charge in [-0.25, -0.2) is 4.79 Å². The molecule has 4 rings (SSSR count). The molecule has 1 fully saturated rings. The molecule has 0 aliphatic carbocycles. The molecule has 1 N–H and O–H groups in total. The van der Waals surface area contributed by atoms with Crippen molar-refractivity contribution in [1.82, 2.24) is 9.88 Å². The molecule has 0 atom stereocenters. The van der Waals surface area contributed by atoms with Crippen LogP contribution in [0, 0.1) is 5.92 Å². The van der Waals surface area contributed by atoms with Gasteiger partial charge in [-0.3, -0.25) is 9.78 Å². The van der Waals surface area contributed by atoms with Crippen molar-refractivity contribution in [2.75, 3.05) is 26.3 Å². The summed E-state index contributed by atoms with van der Waals surface area (Å²) in [4.78, 5) is 29.1. The maximum Gasteiger partial charge on any atom is 0.415 e. The quantitative estimate of drug-likeness (QED) is 0.443. The van der Waals surface area contributed by atoms with Crippen molar-refractivity contribution in [3.8, 4) is 17.2 Å². The van der Waals surface area contributed by atoms with Gasteiger partial charge in [-0.05, 0) is 66.3 Å². The van der Waals surface area contributed by atoms with E-state index in [2.05, 4.69) is 4.98 Å².